The van der Waals surface area contributed by atoms with Gasteiger partial charge in [0.2, 0.25) is 0 Å². The van der Waals surface area contributed by atoms with Crippen molar-refractivity contribution in [1.29, 1.82) is 0 Å². The van der Waals surface area contributed by atoms with Crippen molar-refractivity contribution in [3.8, 4) is 0 Å². The van der Waals surface area contributed by atoms with Crippen molar-refractivity contribution in [2.45, 2.75) is 0 Å². The van der Waals surface area contributed by atoms with Crippen LogP contribution in [0.5, 0.6) is 0 Å². The summed E-state index contributed by atoms with van der Waals surface area (Å²) < 4.78 is 13.4. The maximum absolute atomic E-state index is 13.4. The Morgan fingerprint density at radius 1 is 1.31 bits per heavy atom. The summed E-state index contributed by atoms with van der Waals surface area (Å²) in [5.41, 5.74) is 5.87. The third-order valence-corrected chi connectivity index (χ3v) is 2.13. The summed E-state index contributed by atoms with van der Waals surface area (Å²) in [6, 6.07) is 3.17. The zero-order valence-electron chi connectivity index (χ0n) is 6.59. The number of nitrogens with two attached hydrogens (primary N) is 1. The fourth-order valence-corrected chi connectivity index (χ4v) is 1.39. The van der Waals surface area contributed by atoms with Gasteiger partial charge in [-0.15, -0.1) is 0 Å². The summed E-state index contributed by atoms with van der Waals surface area (Å²) >= 11 is 5.61. The Morgan fingerprint density at radius 3 is 2.85 bits per heavy atom. The molecule has 0 saturated carbocycles. The van der Waals surface area contributed by atoms with Crippen LogP contribution >= 0.6 is 11.6 Å². The molecule has 0 amide bonds. The van der Waals surface area contributed by atoms with Gasteiger partial charge < -0.3 is 5.73 Å². The van der Waals surface area contributed by atoms with Crippen molar-refractivity contribution >= 4 is 28.1 Å². The molecule has 2 aromatic rings. The van der Waals surface area contributed by atoms with Crippen LogP contribution < -0.4 is 5.73 Å². The summed E-state index contributed by atoms with van der Waals surface area (Å²) in [6.45, 7) is 0. The second-order valence-corrected chi connectivity index (χ2v) is 3.10. The molecular formula is C9H6ClFN2. The fourth-order valence-electron chi connectivity index (χ4n) is 1.23. The van der Waals surface area contributed by atoms with E-state index in [-0.39, 0.29) is 5.02 Å². The first-order chi connectivity index (χ1) is 6.20. The molecule has 0 aliphatic carbocycles. The maximum Gasteiger partial charge on any atom is 0.151 e. The molecule has 0 aliphatic heterocycles. The number of rotatable bonds is 0. The molecule has 13 heavy (non-hydrogen) atoms. The van der Waals surface area contributed by atoms with Crippen molar-refractivity contribution in [2.75, 3.05) is 5.73 Å². The van der Waals surface area contributed by atoms with Crippen LogP contribution in [0.3, 0.4) is 0 Å². The number of fused-ring (bicyclic) bond motifs is 1. The van der Waals surface area contributed by atoms with E-state index in [1.807, 2.05) is 0 Å². The first-order valence-corrected chi connectivity index (χ1v) is 4.05. The summed E-state index contributed by atoms with van der Waals surface area (Å²) in [6.07, 6.45) is 2.95. The highest BCUT2D eigenvalue weighted by atomic mass is 35.5. The highest BCUT2D eigenvalue weighted by Gasteiger charge is 2.07. The van der Waals surface area contributed by atoms with E-state index in [2.05, 4.69) is 4.98 Å². The van der Waals surface area contributed by atoms with Gasteiger partial charge in [0.05, 0.1) is 16.9 Å². The molecule has 0 atom stereocenters. The van der Waals surface area contributed by atoms with E-state index >= 15 is 0 Å². The molecule has 0 radical (unpaired) electrons. The number of hydrogen-bond donors (Lipinski definition) is 1. The Labute approximate surface area is 79.1 Å². The molecule has 1 aromatic carbocycles. The Bertz CT molecular complexity index is 470. The molecule has 0 unspecified atom stereocenters. The summed E-state index contributed by atoms with van der Waals surface area (Å²) in [4.78, 5) is 3.85. The number of halogens is 2. The number of nitrogens with zero attached hydrogens (tertiary/aromatic N) is 1. The molecule has 0 saturated heterocycles. The minimum absolute atomic E-state index is 0.0744. The van der Waals surface area contributed by atoms with Gasteiger partial charge >= 0.3 is 0 Å². The predicted molar refractivity (Wildman–Crippen MR) is 51.1 cm³/mol. The average Bonchev–Trinajstić information content (AvgIpc) is 2.12. The molecule has 0 spiro atoms. The van der Waals surface area contributed by atoms with Gasteiger partial charge in [0.25, 0.3) is 0 Å². The minimum atomic E-state index is -0.487. The average molecular weight is 197 g/mol. The predicted octanol–water partition coefficient (Wildman–Crippen LogP) is 2.61. The van der Waals surface area contributed by atoms with Crippen LogP contribution in [0.15, 0.2) is 24.5 Å². The van der Waals surface area contributed by atoms with E-state index in [9.17, 15) is 4.39 Å². The largest absolute Gasteiger partial charge is 0.397 e. The van der Waals surface area contributed by atoms with Gasteiger partial charge in [0.15, 0.2) is 5.82 Å². The topological polar surface area (TPSA) is 38.9 Å². The van der Waals surface area contributed by atoms with E-state index < -0.39 is 5.82 Å². The van der Waals surface area contributed by atoms with Crippen molar-refractivity contribution in [3.63, 3.8) is 0 Å². The third kappa shape index (κ3) is 1.21. The van der Waals surface area contributed by atoms with Gasteiger partial charge in [0.1, 0.15) is 0 Å². The molecule has 0 aliphatic rings. The smallest absolute Gasteiger partial charge is 0.151 e. The van der Waals surface area contributed by atoms with Crippen molar-refractivity contribution in [2.24, 2.45) is 0 Å². The lowest BCUT2D eigenvalue weighted by atomic mass is 10.1. The number of hydrogen-bond acceptors (Lipinski definition) is 2. The lowest BCUT2D eigenvalue weighted by molar-refractivity contribution is 0.640. The number of anilines is 1. The number of nitrogen functional groups attached to an aromatic ring is 1. The van der Waals surface area contributed by atoms with Crippen LogP contribution in [0.1, 0.15) is 0 Å². The zero-order valence-corrected chi connectivity index (χ0v) is 7.35. The summed E-state index contributed by atoms with van der Waals surface area (Å²) in [5, 5.41) is 1.06. The second-order valence-electron chi connectivity index (χ2n) is 2.69. The summed E-state index contributed by atoms with van der Waals surface area (Å²) in [5.74, 6) is -0.487. The van der Waals surface area contributed by atoms with Gasteiger partial charge in [-0.2, -0.15) is 0 Å². The fraction of sp³-hybridized carbons (Fsp3) is 0. The molecular weight excluding hydrogens is 191 g/mol. The quantitative estimate of drug-likeness (QED) is 0.704. The van der Waals surface area contributed by atoms with Crippen molar-refractivity contribution in [1.82, 2.24) is 4.98 Å². The first-order valence-electron chi connectivity index (χ1n) is 3.67. The van der Waals surface area contributed by atoms with Gasteiger partial charge in [0, 0.05) is 17.0 Å². The molecule has 2 nitrogen and oxygen atoms in total. The number of pyridine rings is 1. The zero-order chi connectivity index (χ0) is 9.42. The van der Waals surface area contributed by atoms with Crippen LogP contribution in [0.2, 0.25) is 5.02 Å². The molecule has 2 rings (SSSR count). The van der Waals surface area contributed by atoms with Crippen LogP contribution in [0, 0.1) is 5.82 Å². The Morgan fingerprint density at radius 2 is 2.08 bits per heavy atom. The second kappa shape index (κ2) is 2.85. The third-order valence-electron chi connectivity index (χ3n) is 1.84. The molecule has 2 N–H and O–H groups in total. The van der Waals surface area contributed by atoms with E-state index in [0.717, 1.165) is 0 Å². The number of benzene rings is 1. The Balaban J connectivity index is 2.97. The minimum Gasteiger partial charge on any atom is -0.397 e. The van der Waals surface area contributed by atoms with Gasteiger partial charge in [-0.25, -0.2) is 4.39 Å². The van der Waals surface area contributed by atoms with E-state index in [0.29, 0.717) is 16.5 Å². The van der Waals surface area contributed by atoms with Gasteiger partial charge in [-0.1, -0.05) is 17.7 Å². The van der Waals surface area contributed by atoms with Crippen molar-refractivity contribution < 1.29 is 4.39 Å². The number of aromatic nitrogens is 1. The lowest BCUT2D eigenvalue weighted by Crippen LogP contribution is -1.91. The van der Waals surface area contributed by atoms with Crippen LogP contribution in [0.4, 0.5) is 10.1 Å². The first kappa shape index (κ1) is 8.26. The van der Waals surface area contributed by atoms with Gasteiger partial charge in [-0.3, -0.25) is 4.98 Å². The Hall–Kier alpha value is -1.35. The normalized spacial score (nSPS) is 10.6. The van der Waals surface area contributed by atoms with Crippen molar-refractivity contribution in [3.05, 3.63) is 35.4 Å². The molecule has 0 fully saturated rings. The van der Waals surface area contributed by atoms with Gasteiger partial charge in [-0.05, 0) is 6.07 Å². The van der Waals surface area contributed by atoms with Crippen LogP contribution in [-0.2, 0) is 0 Å². The standard InChI is InChI=1S/C9H6ClFN2/c10-6-2-1-5-3-13-4-7(12)8(5)9(6)11/h1-4H,12H2. The lowest BCUT2D eigenvalue weighted by Gasteiger charge is -2.03. The monoisotopic (exact) mass is 196 g/mol. The highest BCUT2D eigenvalue weighted by Crippen LogP contribution is 2.27. The summed E-state index contributed by atoms with van der Waals surface area (Å²) in [7, 11) is 0. The SMILES string of the molecule is Nc1cncc2ccc(Cl)c(F)c12. The molecule has 1 heterocycles. The van der Waals surface area contributed by atoms with E-state index in [1.54, 1.807) is 12.3 Å². The molecule has 0 bridgehead atoms. The van der Waals surface area contributed by atoms with E-state index in [4.69, 9.17) is 17.3 Å². The maximum atomic E-state index is 13.4. The van der Waals surface area contributed by atoms with E-state index in [1.165, 1.54) is 12.3 Å². The van der Waals surface area contributed by atoms with Crippen LogP contribution in [-0.4, -0.2) is 4.98 Å². The molecule has 4 heteroatoms. The molecule has 1 aromatic heterocycles. The Kier molecular flexibility index (Phi) is 1.81. The molecule has 66 valence electrons. The van der Waals surface area contributed by atoms with Crippen LogP contribution in [0.25, 0.3) is 10.8 Å². The highest BCUT2D eigenvalue weighted by molar-refractivity contribution is 6.31.